The van der Waals surface area contributed by atoms with E-state index < -0.39 is 5.97 Å². The fraction of sp³-hybridized carbons (Fsp3) is 0.600. The molecule has 0 spiro atoms. The summed E-state index contributed by atoms with van der Waals surface area (Å²) in [4.78, 5) is 23.3. The number of carboxylic acids is 1. The summed E-state index contributed by atoms with van der Waals surface area (Å²) in [5.74, 6) is -1.05. The van der Waals surface area contributed by atoms with Crippen LogP contribution < -0.4 is 5.32 Å². The quantitative estimate of drug-likeness (QED) is 0.682. The van der Waals surface area contributed by atoms with Gasteiger partial charge in [-0.1, -0.05) is 6.08 Å². The normalized spacial score (nSPS) is 14.9. The Morgan fingerprint density at radius 1 is 1.53 bits per heavy atom. The van der Waals surface area contributed by atoms with Crippen molar-refractivity contribution in [2.45, 2.75) is 19.3 Å². The van der Waals surface area contributed by atoms with Crippen LogP contribution in [0, 0.1) is 0 Å². The van der Waals surface area contributed by atoms with Crippen molar-refractivity contribution in [2.24, 2.45) is 0 Å². The summed E-state index contributed by atoms with van der Waals surface area (Å²) in [5, 5.41) is 10.9. The number of carbonyl (C=O) groups is 2. The molecule has 0 radical (unpaired) electrons. The fourth-order valence-electron chi connectivity index (χ4n) is 1.51. The monoisotopic (exact) mass is 212 g/mol. The molecule has 0 aromatic carbocycles. The zero-order valence-corrected chi connectivity index (χ0v) is 8.82. The molecule has 0 saturated heterocycles. The van der Waals surface area contributed by atoms with Gasteiger partial charge in [-0.05, 0) is 19.3 Å². The van der Waals surface area contributed by atoms with E-state index in [0.29, 0.717) is 0 Å². The van der Waals surface area contributed by atoms with Crippen molar-refractivity contribution in [3.05, 3.63) is 11.8 Å². The molecular formula is C10H16N2O3. The van der Waals surface area contributed by atoms with Crippen molar-refractivity contribution in [3.63, 3.8) is 0 Å². The zero-order valence-electron chi connectivity index (χ0n) is 8.82. The highest BCUT2D eigenvalue weighted by Gasteiger charge is 2.15. The van der Waals surface area contributed by atoms with Crippen LogP contribution in [0.15, 0.2) is 11.8 Å². The van der Waals surface area contributed by atoms with Gasteiger partial charge >= 0.3 is 5.97 Å². The third-order valence-corrected chi connectivity index (χ3v) is 2.37. The van der Waals surface area contributed by atoms with E-state index in [-0.39, 0.29) is 19.0 Å². The average Bonchev–Trinajstić information content (AvgIpc) is 2.68. The average molecular weight is 212 g/mol. The Hall–Kier alpha value is -1.36. The molecule has 1 amide bonds. The van der Waals surface area contributed by atoms with Crippen molar-refractivity contribution in [1.29, 1.82) is 0 Å². The van der Waals surface area contributed by atoms with Crippen molar-refractivity contribution < 1.29 is 14.7 Å². The van der Waals surface area contributed by atoms with E-state index in [4.69, 9.17) is 5.11 Å². The topological polar surface area (TPSA) is 69.6 Å². The van der Waals surface area contributed by atoms with Gasteiger partial charge in [-0.2, -0.15) is 0 Å². The van der Waals surface area contributed by atoms with Gasteiger partial charge in [0.05, 0.1) is 13.1 Å². The third-order valence-electron chi connectivity index (χ3n) is 2.37. The highest BCUT2D eigenvalue weighted by molar-refractivity contribution is 5.80. The number of aliphatic carboxylic acids is 1. The van der Waals surface area contributed by atoms with Gasteiger partial charge in [0.1, 0.15) is 0 Å². The predicted molar refractivity (Wildman–Crippen MR) is 55.2 cm³/mol. The lowest BCUT2D eigenvalue weighted by atomic mass is 10.3. The zero-order chi connectivity index (χ0) is 11.3. The van der Waals surface area contributed by atoms with E-state index in [9.17, 15) is 9.59 Å². The summed E-state index contributed by atoms with van der Waals surface area (Å²) in [5.41, 5.74) is 1.04. The first-order chi connectivity index (χ1) is 7.11. The molecular weight excluding hydrogens is 196 g/mol. The molecule has 0 unspecified atom stereocenters. The summed E-state index contributed by atoms with van der Waals surface area (Å²) >= 11 is 0. The molecule has 0 bridgehead atoms. The largest absolute Gasteiger partial charge is 0.480 e. The minimum Gasteiger partial charge on any atom is -0.480 e. The standard InChI is InChI=1S/C10H16N2O3/c1-12(8-4-2-3-5-8)9(13)6-11-7-10(14)15/h4,11H,2-3,5-7H2,1H3,(H,14,15). The molecule has 1 aliphatic rings. The van der Waals surface area contributed by atoms with E-state index in [1.54, 1.807) is 11.9 Å². The molecule has 1 rings (SSSR count). The van der Waals surface area contributed by atoms with E-state index >= 15 is 0 Å². The second kappa shape index (κ2) is 5.50. The van der Waals surface area contributed by atoms with E-state index in [0.717, 1.165) is 25.0 Å². The van der Waals surface area contributed by atoms with Crippen LogP contribution in [0.4, 0.5) is 0 Å². The summed E-state index contributed by atoms with van der Waals surface area (Å²) < 4.78 is 0. The predicted octanol–water partition coefficient (Wildman–Crippen LogP) is 0.187. The molecule has 15 heavy (non-hydrogen) atoms. The molecule has 2 N–H and O–H groups in total. The summed E-state index contributed by atoms with van der Waals surface area (Å²) in [6, 6.07) is 0. The SMILES string of the molecule is CN(C(=O)CNCC(=O)O)C1=CCCC1. The molecule has 0 aliphatic heterocycles. The number of carbonyl (C=O) groups excluding carboxylic acids is 1. The van der Waals surface area contributed by atoms with Gasteiger partial charge in [0.25, 0.3) is 0 Å². The maximum atomic E-state index is 11.5. The minimum atomic E-state index is -0.953. The van der Waals surface area contributed by atoms with Crippen LogP contribution in [0.3, 0.4) is 0 Å². The Bertz CT molecular complexity index is 286. The number of hydrogen-bond acceptors (Lipinski definition) is 3. The molecule has 0 heterocycles. The number of carboxylic acid groups (broad SMARTS) is 1. The lowest BCUT2D eigenvalue weighted by molar-refractivity contribution is -0.136. The number of likely N-dealkylation sites (N-methyl/N-ethyl adjacent to an activating group) is 1. The van der Waals surface area contributed by atoms with Gasteiger partial charge in [-0.3, -0.25) is 14.9 Å². The highest BCUT2D eigenvalue weighted by atomic mass is 16.4. The molecule has 0 fully saturated rings. The van der Waals surface area contributed by atoms with Gasteiger partial charge < -0.3 is 10.0 Å². The van der Waals surface area contributed by atoms with E-state index in [1.807, 2.05) is 0 Å². The molecule has 0 aromatic rings. The minimum absolute atomic E-state index is 0.0696. The molecule has 5 heteroatoms. The van der Waals surface area contributed by atoms with Gasteiger partial charge in [0.15, 0.2) is 0 Å². The fourth-order valence-corrected chi connectivity index (χ4v) is 1.51. The number of hydrogen-bond donors (Lipinski definition) is 2. The summed E-state index contributed by atoms with van der Waals surface area (Å²) in [6.45, 7) is -0.112. The smallest absolute Gasteiger partial charge is 0.317 e. The number of nitrogens with zero attached hydrogens (tertiary/aromatic N) is 1. The summed E-state index contributed by atoms with van der Waals surface area (Å²) in [7, 11) is 1.72. The Balaban J connectivity index is 2.30. The Labute approximate surface area is 88.8 Å². The van der Waals surface area contributed by atoms with Crippen LogP contribution in [-0.4, -0.2) is 42.0 Å². The highest BCUT2D eigenvalue weighted by Crippen LogP contribution is 2.19. The van der Waals surface area contributed by atoms with Gasteiger partial charge in [0, 0.05) is 12.7 Å². The maximum Gasteiger partial charge on any atom is 0.317 e. The first-order valence-corrected chi connectivity index (χ1v) is 4.99. The molecule has 0 atom stereocenters. The number of nitrogens with one attached hydrogen (secondary N) is 1. The second-order valence-corrected chi connectivity index (χ2v) is 3.54. The van der Waals surface area contributed by atoms with Crippen molar-refractivity contribution in [2.75, 3.05) is 20.1 Å². The molecule has 0 saturated carbocycles. The number of rotatable bonds is 5. The van der Waals surface area contributed by atoms with Gasteiger partial charge in [-0.15, -0.1) is 0 Å². The molecule has 0 aromatic heterocycles. The van der Waals surface area contributed by atoms with Crippen molar-refractivity contribution in [3.8, 4) is 0 Å². The first-order valence-electron chi connectivity index (χ1n) is 4.99. The van der Waals surface area contributed by atoms with Gasteiger partial charge in [-0.25, -0.2) is 0 Å². The van der Waals surface area contributed by atoms with E-state index in [1.165, 1.54) is 0 Å². The molecule has 5 nitrogen and oxygen atoms in total. The third kappa shape index (κ3) is 3.71. The van der Waals surface area contributed by atoms with Crippen LogP contribution >= 0.6 is 0 Å². The lowest BCUT2D eigenvalue weighted by Crippen LogP contribution is -2.36. The van der Waals surface area contributed by atoms with Crippen LogP contribution in [0.5, 0.6) is 0 Å². The number of amides is 1. The van der Waals surface area contributed by atoms with Crippen LogP contribution in [0.25, 0.3) is 0 Å². The second-order valence-electron chi connectivity index (χ2n) is 3.54. The van der Waals surface area contributed by atoms with Crippen LogP contribution in [-0.2, 0) is 9.59 Å². The molecule has 84 valence electrons. The Kier molecular flexibility index (Phi) is 4.30. The lowest BCUT2D eigenvalue weighted by Gasteiger charge is -2.18. The maximum absolute atomic E-state index is 11.5. The van der Waals surface area contributed by atoms with Crippen molar-refractivity contribution in [1.82, 2.24) is 10.2 Å². The van der Waals surface area contributed by atoms with Crippen LogP contribution in [0.2, 0.25) is 0 Å². The first kappa shape index (κ1) is 11.7. The van der Waals surface area contributed by atoms with Gasteiger partial charge in [0.2, 0.25) is 5.91 Å². The van der Waals surface area contributed by atoms with Crippen molar-refractivity contribution >= 4 is 11.9 Å². The van der Waals surface area contributed by atoms with E-state index in [2.05, 4.69) is 11.4 Å². The number of allylic oxidation sites excluding steroid dienone is 2. The Morgan fingerprint density at radius 2 is 2.27 bits per heavy atom. The summed E-state index contributed by atoms with van der Waals surface area (Å²) in [6.07, 6.45) is 5.10. The molecule has 1 aliphatic carbocycles. The van der Waals surface area contributed by atoms with Crippen LogP contribution in [0.1, 0.15) is 19.3 Å². The Morgan fingerprint density at radius 3 is 2.80 bits per heavy atom.